The van der Waals surface area contributed by atoms with Crippen molar-refractivity contribution in [3.8, 4) is 0 Å². The molecule has 0 N–H and O–H groups in total. The first kappa shape index (κ1) is 6.69. The van der Waals surface area contributed by atoms with Gasteiger partial charge in [-0.2, -0.15) is 8.42 Å². The fourth-order valence-electron chi connectivity index (χ4n) is 0.222. The first-order valence-electron chi connectivity index (χ1n) is 2.06. The summed E-state index contributed by atoms with van der Waals surface area (Å²) in [4.78, 5) is 0. The van der Waals surface area contributed by atoms with Crippen LogP contribution in [0.4, 0.5) is 0 Å². The largest absolute Gasteiger partial charge is 0.210 e. The third kappa shape index (κ3) is 5.69. The molecule has 0 rings (SSSR count). The molecule has 7 heavy (non-hydrogen) atoms. The molecule has 0 aliphatic heterocycles. The zero-order valence-electron chi connectivity index (χ0n) is 4.38. The van der Waals surface area contributed by atoms with Crippen LogP contribution in [0.1, 0.15) is 13.8 Å². The summed E-state index contributed by atoms with van der Waals surface area (Å²) < 4.78 is 19.5. The van der Waals surface area contributed by atoms with Gasteiger partial charge in [0.05, 0.1) is 0 Å². The van der Waals surface area contributed by atoms with Crippen molar-refractivity contribution >= 4 is 15.7 Å². The van der Waals surface area contributed by atoms with Crippen molar-refractivity contribution in [2.75, 3.05) is 0 Å². The second kappa shape index (κ2) is 2.80. The molecule has 0 saturated heterocycles. The highest BCUT2D eigenvalue weighted by atomic mass is 32.2. The lowest BCUT2D eigenvalue weighted by Gasteiger charge is -1.82. The van der Waals surface area contributed by atoms with Gasteiger partial charge in [0.2, 0.25) is 10.3 Å². The third-order valence-electron chi connectivity index (χ3n) is 0.383. The SMILES string of the molecule is CC(C)C=S(=O)=O. The van der Waals surface area contributed by atoms with E-state index in [1.165, 1.54) is 5.37 Å². The molecule has 0 saturated carbocycles. The lowest BCUT2D eigenvalue weighted by atomic mass is 10.3. The van der Waals surface area contributed by atoms with E-state index in [9.17, 15) is 8.42 Å². The standard InChI is InChI=1S/C4H8O2S/c1-4(2)3-7(5)6/h3-4H,1-2H3. The quantitative estimate of drug-likeness (QED) is 0.467. The Labute approximate surface area is 44.7 Å². The number of hydrogen-bond acceptors (Lipinski definition) is 2. The Balaban J connectivity index is 3.96. The van der Waals surface area contributed by atoms with E-state index in [2.05, 4.69) is 0 Å². The molecule has 0 bridgehead atoms. The Morgan fingerprint density at radius 1 is 1.43 bits per heavy atom. The van der Waals surface area contributed by atoms with Gasteiger partial charge in [0, 0.05) is 5.37 Å². The predicted octanol–water partition coefficient (Wildman–Crippen LogP) is 0.324. The summed E-state index contributed by atoms with van der Waals surface area (Å²) in [5.74, 6) is 0.137. The van der Waals surface area contributed by atoms with E-state index in [-0.39, 0.29) is 5.92 Å². The van der Waals surface area contributed by atoms with Crippen molar-refractivity contribution in [3.05, 3.63) is 0 Å². The molecular formula is C4H8O2S. The van der Waals surface area contributed by atoms with Gasteiger partial charge in [-0.3, -0.25) is 0 Å². The van der Waals surface area contributed by atoms with Gasteiger partial charge in [-0.05, 0) is 5.92 Å². The molecule has 3 heteroatoms. The minimum atomic E-state index is -1.97. The molecule has 0 spiro atoms. The minimum absolute atomic E-state index is 0.137. The highest BCUT2D eigenvalue weighted by Crippen LogP contribution is 1.80. The molecule has 0 radical (unpaired) electrons. The van der Waals surface area contributed by atoms with E-state index in [0.29, 0.717) is 0 Å². The highest BCUT2D eigenvalue weighted by Gasteiger charge is 1.82. The van der Waals surface area contributed by atoms with Crippen LogP contribution in [0.25, 0.3) is 0 Å². The molecule has 0 atom stereocenters. The first-order valence-corrected chi connectivity index (χ1v) is 3.20. The minimum Gasteiger partial charge on any atom is -0.185 e. The molecular weight excluding hydrogens is 112 g/mol. The van der Waals surface area contributed by atoms with E-state index < -0.39 is 10.3 Å². The Bertz CT molecular complexity index is 145. The maximum atomic E-state index is 9.75. The van der Waals surface area contributed by atoms with Crippen LogP contribution in [0.3, 0.4) is 0 Å². The fourth-order valence-corrected chi connectivity index (χ4v) is 0.667. The molecule has 0 fully saturated rings. The van der Waals surface area contributed by atoms with E-state index in [4.69, 9.17) is 0 Å². The normalized spacial score (nSPS) is 9.00. The zero-order chi connectivity index (χ0) is 5.86. The smallest absolute Gasteiger partial charge is 0.185 e. The monoisotopic (exact) mass is 120 g/mol. The van der Waals surface area contributed by atoms with Crippen molar-refractivity contribution in [3.63, 3.8) is 0 Å². The molecule has 0 aromatic rings. The van der Waals surface area contributed by atoms with Crippen LogP contribution in [0, 0.1) is 5.92 Å². The summed E-state index contributed by atoms with van der Waals surface area (Å²) in [6.07, 6.45) is 0. The maximum absolute atomic E-state index is 9.75. The van der Waals surface area contributed by atoms with Crippen molar-refractivity contribution in [2.24, 2.45) is 5.92 Å². The maximum Gasteiger partial charge on any atom is 0.210 e. The second-order valence-corrected chi connectivity index (χ2v) is 2.43. The summed E-state index contributed by atoms with van der Waals surface area (Å²) in [5.41, 5.74) is 0. The molecule has 0 amide bonds. The van der Waals surface area contributed by atoms with E-state index in [0.717, 1.165) is 0 Å². The van der Waals surface area contributed by atoms with Crippen molar-refractivity contribution < 1.29 is 8.42 Å². The van der Waals surface area contributed by atoms with Gasteiger partial charge in [-0.1, -0.05) is 13.8 Å². The molecule has 42 valence electrons. The molecule has 0 heterocycles. The highest BCUT2D eigenvalue weighted by molar-refractivity contribution is 7.71. The van der Waals surface area contributed by atoms with Crippen LogP contribution in [-0.2, 0) is 10.3 Å². The van der Waals surface area contributed by atoms with Crippen LogP contribution < -0.4 is 0 Å². The van der Waals surface area contributed by atoms with Crippen LogP contribution >= 0.6 is 0 Å². The van der Waals surface area contributed by atoms with Crippen molar-refractivity contribution in [1.82, 2.24) is 0 Å². The van der Waals surface area contributed by atoms with Gasteiger partial charge in [-0.15, -0.1) is 0 Å². The molecule has 0 aliphatic rings. The molecule has 0 unspecified atom stereocenters. The third-order valence-corrected chi connectivity index (χ3v) is 1.15. The lowest BCUT2D eigenvalue weighted by Crippen LogP contribution is -1.86. The molecule has 0 aliphatic carbocycles. The number of rotatable bonds is 1. The lowest BCUT2D eigenvalue weighted by molar-refractivity contribution is 0.626. The van der Waals surface area contributed by atoms with Gasteiger partial charge >= 0.3 is 0 Å². The van der Waals surface area contributed by atoms with Gasteiger partial charge in [0.1, 0.15) is 0 Å². The molecule has 0 aromatic carbocycles. The van der Waals surface area contributed by atoms with Crippen LogP contribution in [0.5, 0.6) is 0 Å². The Kier molecular flexibility index (Phi) is 2.67. The van der Waals surface area contributed by atoms with E-state index in [1.54, 1.807) is 0 Å². The summed E-state index contributed by atoms with van der Waals surface area (Å²) in [7, 11) is -1.97. The molecule has 2 nitrogen and oxygen atoms in total. The van der Waals surface area contributed by atoms with Gasteiger partial charge in [-0.25, -0.2) is 0 Å². The fraction of sp³-hybridized carbons (Fsp3) is 0.750. The van der Waals surface area contributed by atoms with Gasteiger partial charge < -0.3 is 0 Å². The first-order chi connectivity index (χ1) is 3.13. The van der Waals surface area contributed by atoms with E-state index in [1.807, 2.05) is 13.8 Å². The summed E-state index contributed by atoms with van der Waals surface area (Å²) >= 11 is 0. The van der Waals surface area contributed by atoms with Gasteiger partial charge in [0.15, 0.2) is 0 Å². The zero-order valence-corrected chi connectivity index (χ0v) is 5.20. The number of hydrogen-bond donors (Lipinski definition) is 0. The second-order valence-electron chi connectivity index (χ2n) is 1.64. The van der Waals surface area contributed by atoms with E-state index >= 15 is 0 Å². The predicted molar refractivity (Wildman–Crippen MR) is 29.8 cm³/mol. The van der Waals surface area contributed by atoms with Crippen LogP contribution in [0.2, 0.25) is 0 Å². The van der Waals surface area contributed by atoms with Crippen LogP contribution in [-0.4, -0.2) is 13.8 Å². The Morgan fingerprint density at radius 2 is 1.86 bits per heavy atom. The van der Waals surface area contributed by atoms with Crippen LogP contribution in [0.15, 0.2) is 0 Å². The Hall–Kier alpha value is -0.310. The Morgan fingerprint density at radius 3 is 1.86 bits per heavy atom. The summed E-state index contributed by atoms with van der Waals surface area (Å²) in [5, 5.41) is 1.25. The average Bonchev–Trinajstić information content (AvgIpc) is 1.27. The molecule has 0 aromatic heterocycles. The van der Waals surface area contributed by atoms with Crippen molar-refractivity contribution in [1.29, 1.82) is 0 Å². The van der Waals surface area contributed by atoms with Crippen molar-refractivity contribution in [2.45, 2.75) is 13.8 Å². The topological polar surface area (TPSA) is 34.1 Å². The summed E-state index contributed by atoms with van der Waals surface area (Å²) in [6, 6.07) is 0. The average molecular weight is 120 g/mol. The van der Waals surface area contributed by atoms with Gasteiger partial charge in [0.25, 0.3) is 0 Å². The summed E-state index contributed by atoms with van der Waals surface area (Å²) in [6.45, 7) is 3.63.